The Morgan fingerprint density at radius 3 is 2.44 bits per heavy atom. The molecule has 0 fully saturated rings. The molecule has 6 heteroatoms. The molecule has 6 nitrogen and oxygen atoms in total. The first-order valence-corrected chi connectivity index (χ1v) is 10.7. The molecule has 3 aromatic rings. The molecule has 0 saturated heterocycles. The lowest BCUT2D eigenvalue weighted by Gasteiger charge is -2.23. The van der Waals surface area contributed by atoms with E-state index in [9.17, 15) is 9.59 Å². The fourth-order valence-electron chi connectivity index (χ4n) is 4.07. The number of nitrogen functional groups attached to an aromatic ring is 1. The van der Waals surface area contributed by atoms with Gasteiger partial charge in [-0.2, -0.15) is 0 Å². The highest BCUT2D eigenvalue weighted by Gasteiger charge is 2.27. The maximum atomic E-state index is 13.1. The van der Waals surface area contributed by atoms with Crippen LogP contribution in [0.5, 0.6) is 0 Å². The standard InChI is InChI=1S/C26H28N4O2/c1-14(2)24(17-8-6-5-7-9-17)30-25(31)18-10-11-21-19(12-18)20(26(32)29-21)13-22-15(3)23(27)16(4)28-22/h5-14,24,28H,27H2,1-4H3,(H,29,32)(H,30,31). The van der Waals surface area contributed by atoms with Gasteiger partial charge in [0, 0.05) is 28.2 Å². The number of amides is 2. The van der Waals surface area contributed by atoms with Gasteiger partial charge in [-0.15, -0.1) is 0 Å². The van der Waals surface area contributed by atoms with Crippen LogP contribution < -0.4 is 16.4 Å². The van der Waals surface area contributed by atoms with Crippen LogP contribution in [0.1, 0.15) is 58.3 Å². The molecule has 2 heterocycles. The van der Waals surface area contributed by atoms with E-state index >= 15 is 0 Å². The van der Waals surface area contributed by atoms with Gasteiger partial charge in [-0.1, -0.05) is 44.2 Å². The molecule has 0 aliphatic carbocycles. The molecule has 5 N–H and O–H groups in total. The minimum absolute atomic E-state index is 0.112. The number of aromatic amines is 1. The quantitative estimate of drug-likeness (QED) is 0.438. The summed E-state index contributed by atoms with van der Waals surface area (Å²) < 4.78 is 0. The van der Waals surface area contributed by atoms with Crippen LogP contribution in [0.3, 0.4) is 0 Å². The lowest BCUT2D eigenvalue weighted by molar-refractivity contribution is -0.110. The van der Waals surface area contributed by atoms with Crippen molar-refractivity contribution < 1.29 is 9.59 Å². The number of rotatable bonds is 5. The Morgan fingerprint density at radius 2 is 1.81 bits per heavy atom. The van der Waals surface area contributed by atoms with Crippen molar-refractivity contribution in [3.63, 3.8) is 0 Å². The third kappa shape index (κ3) is 3.91. The van der Waals surface area contributed by atoms with Gasteiger partial charge in [-0.05, 0) is 55.2 Å². The third-order valence-corrected chi connectivity index (χ3v) is 6.00. The molecule has 2 aromatic carbocycles. The number of carbonyl (C=O) groups is 2. The maximum absolute atomic E-state index is 13.1. The average molecular weight is 429 g/mol. The van der Waals surface area contributed by atoms with E-state index in [2.05, 4.69) is 29.5 Å². The fourth-order valence-corrected chi connectivity index (χ4v) is 4.07. The van der Waals surface area contributed by atoms with E-state index < -0.39 is 0 Å². The number of hydrogen-bond donors (Lipinski definition) is 4. The Labute approximate surface area is 187 Å². The zero-order valence-electron chi connectivity index (χ0n) is 18.7. The molecule has 1 atom stereocenters. The highest BCUT2D eigenvalue weighted by atomic mass is 16.2. The van der Waals surface area contributed by atoms with Gasteiger partial charge >= 0.3 is 0 Å². The van der Waals surface area contributed by atoms with Crippen LogP contribution in [0, 0.1) is 19.8 Å². The van der Waals surface area contributed by atoms with E-state index in [0.717, 1.165) is 22.5 Å². The predicted octanol–water partition coefficient (Wildman–Crippen LogP) is 4.83. The van der Waals surface area contributed by atoms with Gasteiger partial charge in [0.05, 0.1) is 17.3 Å². The molecule has 1 unspecified atom stereocenters. The highest BCUT2D eigenvalue weighted by molar-refractivity contribution is 6.35. The van der Waals surface area contributed by atoms with Gasteiger partial charge in [0.25, 0.3) is 11.8 Å². The lowest BCUT2D eigenvalue weighted by atomic mass is 9.95. The van der Waals surface area contributed by atoms with E-state index in [1.807, 2.05) is 44.2 Å². The van der Waals surface area contributed by atoms with E-state index in [4.69, 9.17) is 5.73 Å². The van der Waals surface area contributed by atoms with Crippen LogP contribution in [0.15, 0.2) is 48.5 Å². The van der Waals surface area contributed by atoms with Gasteiger partial charge in [0.2, 0.25) is 0 Å². The molecular weight excluding hydrogens is 400 g/mol. The van der Waals surface area contributed by atoms with Crippen molar-refractivity contribution in [2.24, 2.45) is 5.92 Å². The summed E-state index contributed by atoms with van der Waals surface area (Å²) in [5, 5.41) is 6.02. The van der Waals surface area contributed by atoms with Gasteiger partial charge < -0.3 is 21.4 Å². The smallest absolute Gasteiger partial charge is 0.256 e. The van der Waals surface area contributed by atoms with Crippen molar-refractivity contribution >= 4 is 34.8 Å². The van der Waals surface area contributed by atoms with Crippen LogP contribution in [-0.2, 0) is 4.79 Å². The largest absolute Gasteiger partial charge is 0.397 e. The first-order chi connectivity index (χ1) is 15.3. The summed E-state index contributed by atoms with van der Waals surface area (Å²) in [6, 6.07) is 15.1. The Balaban J connectivity index is 1.66. The Kier molecular flexibility index (Phi) is 5.61. The molecule has 0 saturated carbocycles. The van der Waals surface area contributed by atoms with Crippen LogP contribution >= 0.6 is 0 Å². The van der Waals surface area contributed by atoms with Crippen molar-refractivity contribution in [1.29, 1.82) is 0 Å². The summed E-state index contributed by atoms with van der Waals surface area (Å²) in [5.41, 5.74) is 12.8. The van der Waals surface area contributed by atoms with Gasteiger partial charge in [-0.3, -0.25) is 9.59 Å². The van der Waals surface area contributed by atoms with E-state index in [-0.39, 0.29) is 23.8 Å². The minimum Gasteiger partial charge on any atom is -0.397 e. The topological polar surface area (TPSA) is 100 Å². The molecule has 0 spiro atoms. The van der Waals surface area contributed by atoms with Crippen molar-refractivity contribution in [3.8, 4) is 0 Å². The SMILES string of the molecule is Cc1[nH]c(C=C2C(=O)Nc3ccc(C(=O)NC(c4ccccc4)C(C)C)cc32)c(C)c1N. The summed E-state index contributed by atoms with van der Waals surface area (Å²) in [5.74, 6) is -0.156. The summed E-state index contributed by atoms with van der Waals surface area (Å²) in [4.78, 5) is 29.0. The Bertz CT molecular complexity index is 1220. The molecule has 0 radical (unpaired) electrons. The van der Waals surface area contributed by atoms with Gasteiger partial charge in [-0.25, -0.2) is 0 Å². The summed E-state index contributed by atoms with van der Waals surface area (Å²) in [7, 11) is 0. The van der Waals surface area contributed by atoms with Crippen molar-refractivity contribution in [2.75, 3.05) is 11.1 Å². The minimum atomic E-state index is -0.202. The first-order valence-electron chi connectivity index (χ1n) is 10.7. The highest BCUT2D eigenvalue weighted by Crippen LogP contribution is 2.35. The lowest BCUT2D eigenvalue weighted by Crippen LogP contribution is -2.31. The summed E-state index contributed by atoms with van der Waals surface area (Å²) >= 11 is 0. The van der Waals surface area contributed by atoms with Crippen molar-refractivity contribution in [1.82, 2.24) is 10.3 Å². The Morgan fingerprint density at radius 1 is 1.09 bits per heavy atom. The molecule has 1 aliphatic rings. The Hall–Kier alpha value is -3.80. The predicted molar refractivity (Wildman–Crippen MR) is 129 cm³/mol. The number of hydrogen-bond acceptors (Lipinski definition) is 3. The monoisotopic (exact) mass is 428 g/mol. The maximum Gasteiger partial charge on any atom is 0.256 e. The molecule has 164 valence electrons. The third-order valence-electron chi connectivity index (χ3n) is 6.00. The van der Waals surface area contributed by atoms with E-state index in [1.54, 1.807) is 24.3 Å². The number of fused-ring (bicyclic) bond motifs is 1. The average Bonchev–Trinajstić information content (AvgIpc) is 3.22. The fraction of sp³-hybridized carbons (Fsp3) is 0.231. The molecule has 4 rings (SSSR count). The second-order valence-electron chi connectivity index (χ2n) is 8.58. The number of H-pyrrole nitrogens is 1. The first kappa shape index (κ1) is 21.4. The molecule has 1 aromatic heterocycles. The van der Waals surface area contributed by atoms with E-state index in [1.165, 1.54) is 0 Å². The second-order valence-corrected chi connectivity index (χ2v) is 8.58. The van der Waals surface area contributed by atoms with Crippen molar-refractivity contribution in [3.05, 3.63) is 82.2 Å². The number of benzene rings is 2. The molecule has 0 bridgehead atoms. The number of nitrogens with two attached hydrogens (primary N) is 1. The number of anilines is 2. The molecule has 1 aliphatic heterocycles. The van der Waals surface area contributed by atoms with Gasteiger partial charge in [0.15, 0.2) is 0 Å². The molecule has 2 amide bonds. The number of carbonyl (C=O) groups excluding carboxylic acids is 2. The normalized spacial score (nSPS) is 15.0. The van der Waals surface area contributed by atoms with Crippen LogP contribution in [-0.4, -0.2) is 16.8 Å². The summed E-state index contributed by atoms with van der Waals surface area (Å²) in [6.07, 6.45) is 1.79. The van der Waals surface area contributed by atoms with Crippen LogP contribution in [0.4, 0.5) is 11.4 Å². The van der Waals surface area contributed by atoms with Crippen LogP contribution in [0.2, 0.25) is 0 Å². The van der Waals surface area contributed by atoms with Gasteiger partial charge in [0.1, 0.15) is 0 Å². The number of nitrogens with one attached hydrogen (secondary N) is 3. The zero-order chi connectivity index (χ0) is 23.0. The molecule has 32 heavy (non-hydrogen) atoms. The number of aromatic nitrogens is 1. The second kappa shape index (κ2) is 8.38. The molecular formula is C26H28N4O2. The summed E-state index contributed by atoms with van der Waals surface area (Å²) in [6.45, 7) is 7.97. The van der Waals surface area contributed by atoms with E-state index in [0.29, 0.717) is 28.1 Å². The van der Waals surface area contributed by atoms with Crippen LogP contribution in [0.25, 0.3) is 11.6 Å². The van der Waals surface area contributed by atoms with Crippen molar-refractivity contribution in [2.45, 2.75) is 33.7 Å². The number of aryl methyl sites for hydroxylation is 1. The zero-order valence-corrected chi connectivity index (χ0v) is 18.7.